The number of amides is 1. The number of aromatic nitrogens is 1. The SMILES string of the molecule is CNC(=O)Oc1c(Cl)c(Cl)c(Cl)c2cccnc12. The van der Waals surface area contributed by atoms with Gasteiger partial charge in [-0.15, -0.1) is 0 Å². The number of pyridine rings is 1. The molecule has 0 spiro atoms. The molecule has 1 aromatic heterocycles. The van der Waals surface area contributed by atoms with Gasteiger partial charge in [-0.05, 0) is 12.1 Å². The number of fused-ring (bicyclic) bond motifs is 1. The lowest BCUT2D eigenvalue weighted by molar-refractivity contribution is 0.203. The molecule has 0 saturated heterocycles. The van der Waals surface area contributed by atoms with E-state index >= 15 is 0 Å². The van der Waals surface area contributed by atoms with Crippen LogP contribution in [-0.4, -0.2) is 18.1 Å². The molecule has 1 aromatic carbocycles. The third kappa shape index (κ3) is 2.19. The molecular weight excluding hydrogens is 298 g/mol. The Morgan fingerprint density at radius 1 is 1.28 bits per heavy atom. The molecule has 2 rings (SSSR count). The second kappa shape index (κ2) is 5.18. The van der Waals surface area contributed by atoms with Crippen molar-refractivity contribution in [1.82, 2.24) is 10.3 Å². The van der Waals surface area contributed by atoms with Gasteiger partial charge in [-0.2, -0.15) is 0 Å². The fraction of sp³-hybridized carbons (Fsp3) is 0.0909. The predicted octanol–water partition coefficient (Wildman–Crippen LogP) is 3.91. The molecular formula is C11H7Cl3N2O2. The lowest BCUT2D eigenvalue weighted by Crippen LogP contribution is -2.22. The highest BCUT2D eigenvalue weighted by molar-refractivity contribution is 6.51. The largest absolute Gasteiger partial charge is 0.412 e. The maximum atomic E-state index is 11.3. The second-order valence-electron chi connectivity index (χ2n) is 3.31. The molecule has 0 aliphatic carbocycles. The molecule has 4 nitrogen and oxygen atoms in total. The third-order valence-corrected chi connectivity index (χ3v) is 3.57. The molecule has 0 radical (unpaired) electrons. The number of ether oxygens (including phenoxy) is 1. The Labute approximate surface area is 118 Å². The van der Waals surface area contributed by atoms with Crippen LogP contribution in [0, 0.1) is 0 Å². The standard InChI is InChI=1S/C11H7Cl3N2O2/c1-15-11(17)18-10-8(14)7(13)6(12)5-3-2-4-16-9(5)10/h2-4H,1H3,(H,15,17). The molecule has 7 heteroatoms. The first-order valence-corrected chi connectivity index (χ1v) is 6.00. The summed E-state index contributed by atoms with van der Waals surface area (Å²) in [6.45, 7) is 0. The third-order valence-electron chi connectivity index (χ3n) is 2.24. The topological polar surface area (TPSA) is 51.2 Å². The van der Waals surface area contributed by atoms with E-state index in [0.717, 1.165) is 0 Å². The van der Waals surface area contributed by atoms with Crippen LogP contribution in [0.2, 0.25) is 15.1 Å². The van der Waals surface area contributed by atoms with Crippen LogP contribution >= 0.6 is 34.8 Å². The van der Waals surface area contributed by atoms with Gasteiger partial charge in [0.1, 0.15) is 10.5 Å². The summed E-state index contributed by atoms with van der Waals surface area (Å²) in [5.74, 6) is 0.0843. The van der Waals surface area contributed by atoms with Crippen molar-refractivity contribution < 1.29 is 9.53 Å². The van der Waals surface area contributed by atoms with Gasteiger partial charge in [0.05, 0.1) is 10.0 Å². The van der Waals surface area contributed by atoms with E-state index < -0.39 is 6.09 Å². The number of rotatable bonds is 1. The molecule has 94 valence electrons. The summed E-state index contributed by atoms with van der Waals surface area (Å²) < 4.78 is 5.06. The summed E-state index contributed by atoms with van der Waals surface area (Å²) in [6, 6.07) is 3.41. The summed E-state index contributed by atoms with van der Waals surface area (Å²) in [4.78, 5) is 15.4. The summed E-state index contributed by atoms with van der Waals surface area (Å²) in [6.07, 6.45) is 0.877. The van der Waals surface area contributed by atoms with Gasteiger partial charge in [-0.3, -0.25) is 4.98 Å². The number of hydrogen-bond donors (Lipinski definition) is 1. The van der Waals surface area contributed by atoms with Crippen molar-refractivity contribution in [3.8, 4) is 5.75 Å². The molecule has 0 unspecified atom stereocenters. The average Bonchev–Trinajstić information content (AvgIpc) is 2.40. The molecule has 0 bridgehead atoms. The van der Waals surface area contributed by atoms with Crippen LogP contribution in [0.15, 0.2) is 18.3 Å². The van der Waals surface area contributed by atoms with E-state index in [1.54, 1.807) is 18.3 Å². The van der Waals surface area contributed by atoms with Crippen molar-refractivity contribution in [2.45, 2.75) is 0 Å². The molecule has 0 aliphatic heterocycles. The Kier molecular flexibility index (Phi) is 3.80. The normalized spacial score (nSPS) is 10.4. The van der Waals surface area contributed by atoms with Crippen molar-refractivity contribution >= 4 is 51.8 Å². The van der Waals surface area contributed by atoms with Crippen molar-refractivity contribution in [3.63, 3.8) is 0 Å². The van der Waals surface area contributed by atoms with Gasteiger partial charge in [-0.1, -0.05) is 34.8 Å². The van der Waals surface area contributed by atoms with E-state index in [9.17, 15) is 4.79 Å². The fourth-order valence-electron chi connectivity index (χ4n) is 1.42. The molecule has 0 saturated carbocycles. The highest BCUT2D eigenvalue weighted by Crippen LogP contribution is 2.43. The summed E-state index contributed by atoms with van der Waals surface area (Å²) >= 11 is 18.1. The van der Waals surface area contributed by atoms with Gasteiger partial charge in [0.15, 0.2) is 5.75 Å². The smallest absolute Gasteiger partial charge is 0.406 e. The van der Waals surface area contributed by atoms with E-state index in [0.29, 0.717) is 10.9 Å². The number of halogens is 3. The predicted molar refractivity (Wildman–Crippen MR) is 71.9 cm³/mol. The van der Waals surface area contributed by atoms with Crippen LogP contribution in [0.4, 0.5) is 4.79 Å². The molecule has 0 atom stereocenters. The van der Waals surface area contributed by atoms with Crippen molar-refractivity contribution in [2.24, 2.45) is 0 Å². The number of carbonyl (C=O) groups excluding carboxylic acids is 1. The average molecular weight is 306 g/mol. The first-order valence-electron chi connectivity index (χ1n) is 4.87. The maximum absolute atomic E-state index is 11.3. The Morgan fingerprint density at radius 2 is 2.00 bits per heavy atom. The summed E-state index contributed by atoms with van der Waals surface area (Å²) in [5.41, 5.74) is 0.375. The van der Waals surface area contributed by atoms with E-state index in [4.69, 9.17) is 39.5 Å². The molecule has 1 heterocycles. The van der Waals surface area contributed by atoms with Gasteiger partial charge < -0.3 is 10.1 Å². The maximum Gasteiger partial charge on any atom is 0.412 e. The Hall–Kier alpha value is -1.23. The van der Waals surface area contributed by atoms with Gasteiger partial charge >= 0.3 is 6.09 Å². The van der Waals surface area contributed by atoms with Crippen LogP contribution in [0.1, 0.15) is 0 Å². The van der Waals surface area contributed by atoms with Crippen molar-refractivity contribution in [2.75, 3.05) is 7.05 Å². The quantitative estimate of drug-likeness (QED) is 0.813. The van der Waals surface area contributed by atoms with Gasteiger partial charge in [0, 0.05) is 18.6 Å². The highest BCUT2D eigenvalue weighted by Gasteiger charge is 2.19. The van der Waals surface area contributed by atoms with E-state index in [1.165, 1.54) is 7.05 Å². The number of nitrogens with zero attached hydrogens (tertiary/aromatic N) is 1. The first kappa shape index (κ1) is 13.2. The summed E-state index contributed by atoms with van der Waals surface area (Å²) in [5, 5.41) is 3.33. The van der Waals surface area contributed by atoms with Crippen LogP contribution in [0.25, 0.3) is 10.9 Å². The number of hydrogen-bond acceptors (Lipinski definition) is 3. The van der Waals surface area contributed by atoms with E-state index in [2.05, 4.69) is 10.3 Å². The minimum atomic E-state index is -0.665. The monoisotopic (exact) mass is 304 g/mol. The zero-order valence-electron chi connectivity index (χ0n) is 9.13. The van der Waals surface area contributed by atoms with Gasteiger partial charge in [0.25, 0.3) is 0 Å². The van der Waals surface area contributed by atoms with Gasteiger partial charge in [-0.25, -0.2) is 4.79 Å². The zero-order chi connectivity index (χ0) is 13.3. The first-order chi connectivity index (χ1) is 8.56. The van der Waals surface area contributed by atoms with Crippen molar-refractivity contribution in [1.29, 1.82) is 0 Å². The van der Waals surface area contributed by atoms with Crippen LogP contribution < -0.4 is 10.1 Å². The lowest BCUT2D eigenvalue weighted by Gasteiger charge is -2.11. The molecule has 18 heavy (non-hydrogen) atoms. The number of nitrogens with one attached hydrogen (secondary N) is 1. The Morgan fingerprint density at radius 3 is 2.67 bits per heavy atom. The van der Waals surface area contributed by atoms with Crippen LogP contribution in [0.5, 0.6) is 5.75 Å². The molecule has 0 fully saturated rings. The molecule has 2 aromatic rings. The Balaban J connectivity index is 2.74. The number of carbonyl (C=O) groups is 1. The van der Waals surface area contributed by atoms with E-state index in [1.807, 2.05) is 0 Å². The zero-order valence-corrected chi connectivity index (χ0v) is 11.4. The van der Waals surface area contributed by atoms with Crippen LogP contribution in [-0.2, 0) is 0 Å². The fourth-order valence-corrected chi connectivity index (χ4v) is 2.12. The minimum Gasteiger partial charge on any atom is -0.406 e. The Bertz CT molecular complexity index is 631. The minimum absolute atomic E-state index is 0.0523. The van der Waals surface area contributed by atoms with Crippen LogP contribution in [0.3, 0.4) is 0 Å². The van der Waals surface area contributed by atoms with E-state index in [-0.39, 0.29) is 20.8 Å². The lowest BCUT2D eigenvalue weighted by atomic mass is 10.2. The molecule has 1 amide bonds. The molecule has 0 aliphatic rings. The molecule has 1 N–H and O–H groups in total. The second-order valence-corrected chi connectivity index (χ2v) is 4.44. The number of benzene rings is 1. The highest BCUT2D eigenvalue weighted by atomic mass is 35.5. The van der Waals surface area contributed by atoms with Crippen molar-refractivity contribution in [3.05, 3.63) is 33.4 Å². The van der Waals surface area contributed by atoms with Gasteiger partial charge in [0.2, 0.25) is 0 Å². The summed E-state index contributed by atoms with van der Waals surface area (Å²) in [7, 11) is 1.43.